The first-order valence-electron chi connectivity index (χ1n) is 6.46. The van der Waals surface area contributed by atoms with Crippen molar-refractivity contribution in [2.75, 3.05) is 12.3 Å². The van der Waals surface area contributed by atoms with Crippen molar-refractivity contribution in [2.24, 2.45) is 0 Å². The molecule has 3 nitrogen and oxygen atoms in total. The van der Waals surface area contributed by atoms with Gasteiger partial charge in [-0.05, 0) is 36.6 Å². The lowest BCUT2D eigenvalue weighted by atomic mass is 9.94. The zero-order valence-electron chi connectivity index (χ0n) is 11.3. The fraction of sp³-hybridized carbons (Fsp3) is 0.250. The summed E-state index contributed by atoms with van der Waals surface area (Å²) in [5, 5.41) is 19.6. The quantitative estimate of drug-likeness (QED) is 0.752. The Labute approximate surface area is 127 Å². The molecule has 0 saturated carbocycles. The standard InChI is InChI=1S/C16H18BrNO2/c1-10-8-12(6-7-19)15(18)14(9-10)16(20)11-2-4-13(17)5-3-11/h2-5,8-9,16,19-20H,6-7,18H2,1H3. The SMILES string of the molecule is Cc1cc(CCO)c(N)c(C(O)c2ccc(Br)cc2)c1. The number of nitrogen functional groups attached to an aromatic ring is 1. The molecule has 0 aliphatic rings. The molecule has 106 valence electrons. The number of rotatable bonds is 4. The fourth-order valence-corrected chi connectivity index (χ4v) is 2.55. The number of benzene rings is 2. The highest BCUT2D eigenvalue weighted by molar-refractivity contribution is 9.10. The van der Waals surface area contributed by atoms with Crippen LogP contribution in [0.4, 0.5) is 5.69 Å². The van der Waals surface area contributed by atoms with Gasteiger partial charge in [-0.1, -0.05) is 45.8 Å². The second-order valence-corrected chi connectivity index (χ2v) is 5.77. The van der Waals surface area contributed by atoms with E-state index in [-0.39, 0.29) is 6.61 Å². The summed E-state index contributed by atoms with van der Waals surface area (Å²) in [4.78, 5) is 0. The number of aliphatic hydroxyl groups is 2. The molecular formula is C16H18BrNO2. The lowest BCUT2D eigenvalue weighted by Gasteiger charge is -2.17. The Morgan fingerprint density at radius 3 is 2.45 bits per heavy atom. The first-order valence-corrected chi connectivity index (χ1v) is 7.25. The number of hydrogen-bond acceptors (Lipinski definition) is 3. The first-order chi connectivity index (χ1) is 9.52. The van der Waals surface area contributed by atoms with Crippen molar-refractivity contribution in [3.05, 3.63) is 63.1 Å². The molecule has 0 aromatic heterocycles. The molecule has 0 amide bonds. The average molecular weight is 336 g/mol. The maximum absolute atomic E-state index is 10.5. The predicted octanol–water partition coefficient (Wildman–Crippen LogP) is 2.96. The number of aryl methyl sites for hydroxylation is 1. The highest BCUT2D eigenvalue weighted by Crippen LogP contribution is 2.31. The highest BCUT2D eigenvalue weighted by atomic mass is 79.9. The van der Waals surface area contributed by atoms with Gasteiger partial charge in [0.2, 0.25) is 0 Å². The van der Waals surface area contributed by atoms with E-state index in [1.165, 1.54) is 0 Å². The van der Waals surface area contributed by atoms with Crippen LogP contribution in [0.25, 0.3) is 0 Å². The Morgan fingerprint density at radius 1 is 1.20 bits per heavy atom. The number of halogens is 1. The van der Waals surface area contributed by atoms with Crippen molar-refractivity contribution in [2.45, 2.75) is 19.4 Å². The third-order valence-corrected chi connectivity index (χ3v) is 3.83. The molecule has 0 radical (unpaired) electrons. The first kappa shape index (κ1) is 15.0. The van der Waals surface area contributed by atoms with Gasteiger partial charge in [0.15, 0.2) is 0 Å². The largest absolute Gasteiger partial charge is 0.398 e. The summed E-state index contributed by atoms with van der Waals surface area (Å²) >= 11 is 3.37. The Bertz CT molecular complexity index is 596. The Hall–Kier alpha value is -1.36. The van der Waals surface area contributed by atoms with Gasteiger partial charge in [0.25, 0.3) is 0 Å². The molecule has 0 aliphatic carbocycles. The summed E-state index contributed by atoms with van der Waals surface area (Å²) in [6.07, 6.45) is -0.270. The van der Waals surface area contributed by atoms with E-state index in [0.717, 1.165) is 21.2 Å². The van der Waals surface area contributed by atoms with Crippen LogP contribution in [0.1, 0.15) is 28.4 Å². The third-order valence-electron chi connectivity index (χ3n) is 3.30. The lowest BCUT2D eigenvalue weighted by molar-refractivity contribution is 0.221. The summed E-state index contributed by atoms with van der Waals surface area (Å²) in [6.45, 7) is 2.00. The maximum Gasteiger partial charge on any atom is 0.106 e. The zero-order valence-corrected chi connectivity index (χ0v) is 12.9. The number of anilines is 1. The molecule has 4 N–H and O–H groups in total. The molecule has 20 heavy (non-hydrogen) atoms. The molecule has 2 rings (SSSR count). The summed E-state index contributed by atoms with van der Waals surface area (Å²) in [6, 6.07) is 11.3. The third kappa shape index (κ3) is 3.20. The normalized spacial score (nSPS) is 12.4. The predicted molar refractivity (Wildman–Crippen MR) is 84.6 cm³/mol. The lowest BCUT2D eigenvalue weighted by Crippen LogP contribution is -2.08. The molecule has 0 saturated heterocycles. The molecule has 1 atom stereocenters. The van der Waals surface area contributed by atoms with E-state index in [9.17, 15) is 5.11 Å². The second-order valence-electron chi connectivity index (χ2n) is 4.85. The molecule has 2 aromatic rings. The van der Waals surface area contributed by atoms with E-state index in [0.29, 0.717) is 17.7 Å². The summed E-state index contributed by atoms with van der Waals surface area (Å²) in [5.74, 6) is 0. The van der Waals surface area contributed by atoms with E-state index < -0.39 is 6.10 Å². The van der Waals surface area contributed by atoms with Crippen molar-refractivity contribution in [1.82, 2.24) is 0 Å². The van der Waals surface area contributed by atoms with Crippen molar-refractivity contribution in [1.29, 1.82) is 0 Å². The van der Waals surface area contributed by atoms with Crippen LogP contribution in [0.5, 0.6) is 0 Å². The molecule has 4 heteroatoms. The minimum atomic E-state index is -0.763. The van der Waals surface area contributed by atoms with Crippen LogP contribution < -0.4 is 5.73 Å². The molecular weight excluding hydrogens is 318 g/mol. The number of hydrogen-bond donors (Lipinski definition) is 3. The monoisotopic (exact) mass is 335 g/mol. The van der Waals surface area contributed by atoms with Gasteiger partial charge in [-0.3, -0.25) is 0 Å². The average Bonchev–Trinajstić information content (AvgIpc) is 2.43. The van der Waals surface area contributed by atoms with Gasteiger partial charge in [-0.25, -0.2) is 0 Å². The smallest absolute Gasteiger partial charge is 0.106 e. The summed E-state index contributed by atoms with van der Waals surface area (Å²) in [7, 11) is 0. The molecule has 0 aliphatic heterocycles. The van der Waals surface area contributed by atoms with Crippen LogP contribution >= 0.6 is 15.9 Å². The Morgan fingerprint density at radius 2 is 1.85 bits per heavy atom. The van der Waals surface area contributed by atoms with Crippen LogP contribution in [0.3, 0.4) is 0 Å². The van der Waals surface area contributed by atoms with Crippen LogP contribution in [-0.2, 0) is 6.42 Å². The summed E-state index contributed by atoms with van der Waals surface area (Å²) < 4.78 is 0.964. The fourth-order valence-electron chi connectivity index (χ4n) is 2.28. The molecule has 0 fully saturated rings. The molecule has 1 unspecified atom stereocenters. The maximum atomic E-state index is 10.5. The van der Waals surface area contributed by atoms with Crippen LogP contribution in [0.2, 0.25) is 0 Å². The molecule has 0 spiro atoms. The van der Waals surface area contributed by atoms with E-state index in [1.807, 2.05) is 43.3 Å². The molecule has 2 aromatic carbocycles. The molecule has 0 bridgehead atoms. The van der Waals surface area contributed by atoms with Gasteiger partial charge in [-0.2, -0.15) is 0 Å². The van der Waals surface area contributed by atoms with Crippen LogP contribution in [0, 0.1) is 6.92 Å². The van der Waals surface area contributed by atoms with Gasteiger partial charge < -0.3 is 15.9 Å². The number of aliphatic hydroxyl groups excluding tert-OH is 2. The van der Waals surface area contributed by atoms with Gasteiger partial charge in [0.1, 0.15) is 6.10 Å². The zero-order chi connectivity index (χ0) is 14.7. The second kappa shape index (κ2) is 6.39. The number of nitrogens with two attached hydrogens (primary N) is 1. The van der Waals surface area contributed by atoms with E-state index in [4.69, 9.17) is 10.8 Å². The van der Waals surface area contributed by atoms with Gasteiger partial charge in [-0.15, -0.1) is 0 Å². The highest BCUT2D eigenvalue weighted by Gasteiger charge is 2.16. The van der Waals surface area contributed by atoms with E-state index in [1.54, 1.807) is 0 Å². The van der Waals surface area contributed by atoms with Crippen molar-refractivity contribution < 1.29 is 10.2 Å². The topological polar surface area (TPSA) is 66.5 Å². The minimum absolute atomic E-state index is 0.0431. The van der Waals surface area contributed by atoms with Gasteiger partial charge in [0, 0.05) is 22.3 Å². The van der Waals surface area contributed by atoms with Crippen LogP contribution in [-0.4, -0.2) is 16.8 Å². The van der Waals surface area contributed by atoms with Gasteiger partial charge >= 0.3 is 0 Å². The van der Waals surface area contributed by atoms with E-state index >= 15 is 0 Å². The minimum Gasteiger partial charge on any atom is -0.398 e. The van der Waals surface area contributed by atoms with Crippen molar-refractivity contribution in [3.63, 3.8) is 0 Å². The summed E-state index contributed by atoms with van der Waals surface area (Å²) in [5.41, 5.74) is 10.1. The Balaban J connectivity index is 2.43. The van der Waals surface area contributed by atoms with Crippen LogP contribution in [0.15, 0.2) is 40.9 Å². The van der Waals surface area contributed by atoms with Gasteiger partial charge in [0.05, 0.1) is 0 Å². The Kier molecular flexibility index (Phi) is 4.81. The van der Waals surface area contributed by atoms with Crippen molar-refractivity contribution in [3.8, 4) is 0 Å². The van der Waals surface area contributed by atoms with Crippen molar-refractivity contribution >= 4 is 21.6 Å². The van der Waals surface area contributed by atoms with E-state index in [2.05, 4.69) is 15.9 Å². The molecule has 0 heterocycles.